The molecule has 6 nitrogen and oxygen atoms in total. The van der Waals surface area contributed by atoms with Crippen LogP contribution in [0.1, 0.15) is 19.3 Å². The number of nitrogens with two attached hydrogens (primary N) is 1. The predicted molar refractivity (Wildman–Crippen MR) is 69.6 cm³/mol. The van der Waals surface area contributed by atoms with E-state index < -0.39 is 10.0 Å². The highest BCUT2D eigenvalue weighted by Crippen LogP contribution is 2.15. The number of pyridine rings is 1. The van der Waals surface area contributed by atoms with Crippen molar-refractivity contribution in [3.63, 3.8) is 0 Å². The Kier molecular flexibility index (Phi) is 6.03. The molecule has 7 heteroatoms. The van der Waals surface area contributed by atoms with E-state index in [4.69, 9.17) is 10.5 Å². The van der Waals surface area contributed by atoms with Crippen molar-refractivity contribution < 1.29 is 13.2 Å². The lowest BCUT2D eigenvalue weighted by Gasteiger charge is -2.08. The Morgan fingerprint density at radius 1 is 1.39 bits per heavy atom. The quantitative estimate of drug-likeness (QED) is 0.682. The first-order chi connectivity index (χ1) is 8.58. The van der Waals surface area contributed by atoms with Crippen LogP contribution in [0.2, 0.25) is 0 Å². The molecule has 3 N–H and O–H groups in total. The van der Waals surface area contributed by atoms with Crippen molar-refractivity contribution in [2.75, 3.05) is 26.0 Å². The minimum Gasteiger partial charge on any atom is -0.398 e. The highest BCUT2D eigenvalue weighted by molar-refractivity contribution is 7.89. The number of rotatable bonds is 8. The number of sulfonamides is 1. The second-order valence-electron chi connectivity index (χ2n) is 3.86. The highest BCUT2D eigenvalue weighted by atomic mass is 32.2. The van der Waals surface area contributed by atoms with Gasteiger partial charge in [0.2, 0.25) is 10.0 Å². The van der Waals surface area contributed by atoms with Crippen molar-refractivity contribution >= 4 is 15.7 Å². The van der Waals surface area contributed by atoms with Crippen molar-refractivity contribution in [3.05, 3.63) is 18.5 Å². The number of anilines is 1. The van der Waals surface area contributed by atoms with Gasteiger partial charge in [0.1, 0.15) is 4.90 Å². The van der Waals surface area contributed by atoms with Crippen LogP contribution in [0.4, 0.5) is 5.69 Å². The zero-order valence-electron chi connectivity index (χ0n) is 10.4. The summed E-state index contributed by atoms with van der Waals surface area (Å²) in [6.07, 6.45) is 5.32. The summed E-state index contributed by atoms with van der Waals surface area (Å²) >= 11 is 0. The lowest BCUT2D eigenvalue weighted by Crippen LogP contribution is -2.25. The van der Waals surface area contributed by atoms with Crippen LogP contribution in [-0.4, -0.2) is 33.7 Å². The Balaban J connectivity index is 2.44. The Bertz CT molecular complexity index is 462. The van der Waals surface area contributed by atoms with E-state index in [2.05, 4.69) is 9.71 Å². The molecule has 0 aliphatic carbocycles. The largest absolute Gasteiger partial charge is 0.398 e. The Labute approximate surface area is 108 Å². The third-order valence-electron chi connectivity index (χ3n) is 2.42. The van der Waals surface area contributed by atoms with Crippen molar-refractivity contribution in [3.8, 4) is 0 Å². The van der Waals surface area contributed by atoms with E-state index in [1.165, 1.54) is 18.5 Å². The van der Waals surface area contributed by atoms with Crippen LogP contribution < -0.4 is 10.5 Å². The van der Waals surface area contributed by atoms with Gasteiger partial charge in [-0.2, -0.15) is 0 Å². The van der Waals surface area contributed by atoms with Gasteiger partial charge < -0.3 is 10.5 Å². The summed E-state index contributed by atoms with van der Waals surface area (Å²) in [5.41, 5.74) is 5.81. The average molecular weight is 273 g/mol. The fourth-order valence-corrected chi connectivity index (χ4v) is 2.59. The molecule has 0 amide bonds. The van der Waals surface area contributed by atoms with E-state index in [1.807, 2.05) is 0 Å². The highest BCUT2D eigenvalue weighted by Gasteiger charge is 2.16. The third-order valence-corrected chi connectivity index (χ3v) is 3.93. The van der Waals surface area contributed by atoms with Crippen LogP contribution in [-0.2, 0) is 14.8 Å². The molecule has 1 aromatic heterocycles. The summed E-state index contributed by atoms with van der Waals surface area (Å²) in [6, 6.07) is 1.47. The molecule has 0 fully saturated rings. The van der Waals surface area contributed by atoms with E-state index in [0.717, 1.165) is 19.3 Å². The normalized spacial score (nSPS) is 11.6. The third kappa shape index (κ3) is 4.59. The van der Waals surface area contributed by atoms with Gasteiger partial charge in [-0.1, -0.05) is 0 Å². The summed E-state index contributed by atoms with van der Waals surface area (Å²) in [5, 5.41) is 0. The van der Waals surface area contributed by atoms with Crippen molar-refractivity contribution in [1.29, 1.82) is 0 Å². The van der Waals surface area contributed by atoms with Gasteiger partial charge in [0, 0.05) is 32.7 Å². The lowest BCUT2D eigenvalue weighted by molar-refractivity contribution is 0.192. The van der Waals surface area contributed by atoms with E-state index in [0.29, 0.717) is 13.2 Å². The molecule has 0 aromatic carbocycles. The number of hydrogen-bond donors (Lipinski definition) is 2. The molecule has 0 saturated carbocycles. The zero-order chi connectivity index (χ0) is 13.4. The van der Waals surface area contributed by atoms with Crippen LogP contribution >= 0.6 is 0 Å². The number of nitrogens with one attached hydrogen (secondary N) is 1. The summed E-state index contributed by atoms with van der Waals surface area (Å²) in [7, 11) is -1.91. The van der Waals surface area contributed by atoms with Crippen LogP contribution in [0.25, 0.3) is 0 Å². The molecule has 0 aliphatic heterocycles. The number of unbranched alkanes of at least 4 members (excludes halogenated alkanes) is 2. The maximum absolute atomic E-state index is 11.9. The Morgan fingerprint density at radius 3 is 2.83 bits per heavy atom. The second kappa shape index (κ2) is 7.30. The fourth-order valence-electron chi connectivity index (χ4n) is 1.45. The van der Waals surface area contributed by atoms with Crippen LogP contribution in [0, 0.1) is 0 Å². The van der Waals surface area contributed by atoms with Crippen molar-refractivity contribution in [2.45, 2.75) is 24.2 Å². The molecule has 0 radical (unpaired) electrons. The van der Waals surface area contributed by atoms with Gasteiger partial charge in [0.05, 0.1) is 5.69 Å². The number of nitrogen functional groups attached to an aromatic ring is 1. The first kappa shape index (κ1) is 14.9. The molecule has 0 aliphatic rings. The van der Waals surface area contributed by atoms with Gasteiger partial charge in [-0.15, -0.1) is 0 Å². The van der Waals surface area contributed by atoms with Gasteiger partial charge in [-0.25, -0.2) is 13.1 Å². The van der Waals surface area contributed by atoms with Crippen LogP contribution in [0.5, 0.6) is 0 Å². The molecule has 1 heterocycles. The molecular weight excluding hydrogens is 254 g/mol. The molecular formula is C11H19N3O3S. The van der Waals surface area contributed by atoms with Gasteiger partial charge in [-0.05, 0) is 25.3 Å². The number of hydrogen-bond acceptors (Lipinski definition) is 5. The van der Waals surface area contributed by atoms with Crippen molar-refractivity contribution in [1.82, 2.24) is 9.71 Å². The number of ether oxygens (including phenoxy) is 1. The molecule has 0 bridgehead atoms. The summed E-state index contributed by atoms with van der Waals surface area (Å²) in [6.45, 7) is 1.09. The minimum absolute atomic E-state index is 0.0295. The average Bonchev–Trinajstić information content (AvgIpc) is 2.34. The molecule has 18 heavy (non-hydrogen) atoms. The Morgan fingerprint density at radius 2 is 2.17 bits per heavy atom. The number of methoxy groups -OCH3 is 1. The van der Waals surface area contributed by atoms with Crippen molar-refractivity contribution in [2.24, 2.45) is 0 Å². The molecule has 0 atom stereocenters. The molecule has 1 rings (SSSR count). The topological polar surface area (TPSA) is 94.3 Å². The van der Waals surface area contributed by atoms with Crippen LogP contribution in [0.15, 0.2) is 23.4 Å². The molecule has 0 saturated heterocycles. The number of aromatic nitrogens is 1. The molecule has 1 aromatic rings. The van der Waals surface area contributed by atoms with E-state index >= 15 is 0 Å². The van der Waals surface area contributed by atoms with Gasteiger partial charge in [-0.3, -0.25) is 4.98 Å². The first-order valence-corrected chi connectivity index (χ1v) is 7.24. The molecule has 0 unspecified atom stereocenters. The van der Waals surface area contributed by atoms with Gasteiger partial charge in [0.15, 0.2) is 0 Å². The maximum Gasteiger partial charge on any atom is 0.244 e. The van der Waals surface area contributed by atoms with E-state index in [-0.39, 0.29) is 10.6 Å². The van der Waals surface area contributed by atoms with E-state index in [9.17, 15) is 8.42 Å². The SMILES string of the molecule is COCCCCCNS(=O)(=O)c1cnccc1N. The standard InChI is InChI=1S/C11H19N3O3S/c1-17-8-4-2-3-6-14-18(15,16)11-9-13-7-5-10(11)12/h5,7,9,14H,2-4,6,8H2,1H3,(H2,12,13). The molecule has 0 spiro atoms. The van der Waals surface area contributed by atoms with Gasteiger partial charge >= 0.3 is 0 Å². The Hall–Kier alpha value is -1.18. The summed E-state index contributed by atoms with van der Waals surface area (Å²) < 4.78 is 31.2. The maximum atomic E-state index is 11.9. The summed E-state index contributed by atoms with van der Waals surface area (Å²) in [5.74, 6) is 0. The fraction of sp³-hybridized carbons (Fsp3) is 0.545. The minimum atomic E-state index is -3.55. The predicted octanol–water partition coefficient (Wildman–Crippen LogP) is 0.759. The van der Waals surface area contributed by atoms with E-state index in [1.54, 1.807) is 7.11 Å². The lowest BCUT2D eigenvalue weighted by atomic mass is 10.2. The monoisotopic (exact) mass is 273 g/mol. The molecule has 102 valence electrons. The smallest absolute Gasteiger partial charge is 0.244 e. The summed E-state index contributed by atoms with van der Waals surface area (Å²) in [4.78, 5) is 3.79. The van der Waals surface area contributed by atoms with Crippen LogP contribution in [0.3, 0.4) is 0 Å². The van der Waals surface area contributed by atoms with Gasteiger partial charge in [0.25, 0.3) is 0 Å². The first-order valence-electron chi connectivity index (χ1n) is 5.76. The second-order valence-corrected chi connectivity index (χ2v) is 5.60. The number of nitrogens with zero attached hydrogens (tertiary/aromatic N) is 1. The zero-order valence-corrected chi connectivity index (χ0v) is 11.2.